The summed E-state index contributed by atoms with van der Waals surface area (Å²) in [6.45, 7) is 9.52. The maximum atomic E-state index is 11.6. The summed E-state index contributed by atoms with van der Waals surface area (Å²) in [5.74, 6) is -0.483. The van der Waals surface area contributed by atoms with Gasteiger partial charge >= 0.3 is 0 Å². The van der Waals surface area contributed by atoms with Crippen molar-refractivity contribution in [1.82, 2.24) is 10.6 Å². The average molecular weight is 244 g/mol. The number of rotatable bonds is 5. The van der Waals surface area contributed by atoms with Gasteiger partial charge in [0.05, 0.1) is 25.3 Å². The van der Waals surface area contributed by atoms with Gasteiger partial charge in [-0.15, -0.1) is 0 Å². The third-order valence-electron chi connectivity index (χ3n) is 2.69. The molecule has 0 bridgehead atoms. The first kappa shape index (κ1) is 14.4. The van der Waals surface area contributed by atoms with E-state index in [2.05, 4.69) is 10.6 Å². The highest BCUT2D eigenvalue weighted by molar-refractivity contribution is 5.81. The SMILES string of the molecule is CCCNC(=O)C(C)NC1COC(C)(C)OC1. The van der Waals surface area contributed by atoms with E-state index >= 15 is 0 Å². The first-order valence-corrected chi connectivity index (χ1v) is 6.26. The van der Waals surface area contributed by atoms with E-state index in [0.717, 1.165) is 13.0 Å². The minimum atomic E-state index is -0.508. The van der Waals surface area contributed by atoms with Crippen LogP contribution in [0.25, 0.3) is 0 Å². The normalized spacial score (nSPS) is 22.1. The Bertz CT molecular complexity index is 246. The van der Waals surface area contributed by atoms with E-state index in [0.29, 0.717) is 13.2 Å². The molecule has 2 N–H and O–H groups in total. The maximum absolute atomic E-state index is 11.6. The lowest BCUT2D eigenvalue weighted by Crippen LogP contribution is -2.54. The molecule has 1 unspecified atom stereocenters. The van der Waals surface area contributed by atoms with Gasteiger partial charge < -0.3 is 14.8 Å². The molecule has 1 aliphatic heterocycles. The van der Waals surface area contributed by atoms with Crippen LogP contribution in [0.3, 0.4) is 0 Å². The zero-order valence-electron chi connectivity index (χ0n) is 11.2. The molecule has 1 amide bonds. The molecule has 1 fully saturated rings. The third-order valence-corrected chi connectivity index (χ3v) is 2.69. The van der Waals surface area contributed by atoms with Crippen molar-refractivity contribution in [3.63, 3.8) is 0 Å². The molecule has 0 aromatic heterocycles. The monoisotopic (exact) mass is 244 g/mol. The predicted molar refractivity (Wildman–Crippen MR) is 65.7 cm³/mol. The molecule has 17 heavy (non-hydrogen) atoms. The summed E-state index contributed by atoms with van der Waals surface area (Å²) in [5, 5.41) is 6.06. The molecule has 1 heterocycles. The van der Waals surface area contributed by atoms with Gasteiger partial charge in [0.2, 0.25) is 5.91 Å². The van der Waals surface area contributed by atoms with Gasteiger partial charge in [-0.25, -0.2) is 0 Å². The Balaban J connectivity index is 2.27. The fourth-order valence-electron chi connectivity index (χ4n) is 1.62. The third kappa shape index (κ3) is 5.02. The van der Waals surface area contributed by atoms with Crippen LogP contribution in [0.1, 0.15) is 34.1 Å². The van der Waals surface area contributed by atoms with Crippen molar-refractivity contribution in [2.45, 2.75) is 52.0 Å². The fourth-order valence-corrected chi connectivity index (χ4v) is 1.62. The van der Waals surface area contributed by atoms with Gasteiger partial charge in [-0.3, -0.25) is 10.1 Å². The van der Waals surface area contributed by atoms with Gasteiger partial charge in [-0.2, -0.15) is 0 Å². The van der Waals surface area contributed by atoms with E-state index in [-0.39, 0.29) is 18.0 Å². The molecule has 0 radical (unpaired) electrons. The molecule has 0 aromatic carbocycles. The lowest BCUT2D eigenvalue weighted by molar-refractivity contribution is -0.253. The largest absolute Gasteiger partial charge is 0.355 e. The minimum absolute atomic E-state index is 0.0247. The van der Waals surface area contributed by atoms with Crippen molar-refractivity contribution in [3.8, 4) is 0 Å². The molecule has 0 saturated carbocycles. The van der Waals surface area contributed by atoms with E-state index in [1.807, 2.05) is 27.7 Å². The molecule has 1 rings (SSSR count). The Hall–Kier alpha value is -0.650. The van der Waals surface area contributed by atoms with Crippen molar-refractivity contribution in [1.29, 1.82) is 0 Å². The van der Waals surface area contributed by atoms with Crippen LogP contribution in [0.4, 0.5) is 0 Å². The summed E-state index contributed by atoms with van der Waals surface area (Å²) in [7, 11) is 0. The smallest absolute Gasteiger partial charge is 0.236 e. The second kappa shape index (κ2) is 6.33. The molecule has 0 aliphatic carbocycles. The molecular formula is C12H24N2O3. The van der Waals surface area contributed by atoms with Crippen LogP contribution < -0.4 is 10.6 Å². The topological polar surface area (TPSA) is 59.6 Å². The van der Waals surface area contributed by atoms with Crippen LogP contribution in [0.2, 0.25) is 0 Å². The minimum Gasteiger partial charge on any atom is -0.355 e. The molecule has 1 atom stereocenters. The Morgan fingerprint density at radius 2 is 2.00 bits per heavy atom. The molecule has 0 spiro atoms. The number of ether oxygens (including phenoxy) is 2. The van der Waals surface area contributed by atoms with E-state index in [9.17, 15) is 4.79 Å². The van der Waals surface area contributed by atoms with Crippen LogP contribution >= 0.6 is 0 Å². The van der Waals surface area contributed by atoms with Crippen LogP contribution in [-0.2, 0) is 14.3 Å². The number of hydrogen-bond acceptors (Lipinski definition) is 4. The highest BCUT2D eigenvalue weighted by Crippen LogP contribution is 2.17. The summed E-state index contributed by atoms with van der Waals surface area (Å²) in [6, 6.07) is -0.148. The van der Waals surface area contributed by atoms with Gasteiger partial charge in [0.1, 0.15) is 0 Å². The Kier molecular flexibility index (Phi) is 5.36. The number of carbonyl (C=O) groups excluding carboxylic acids is 1. The van der Waals surface area contributed by atoms with Crippen molar-refractivity contribution < 1.29 is 14.3 Å². The second-order valence-electron chi connectivity index (χ2n) is 4.90. The van der Waals surface area contributed by atoms with Crippen LogP contribution in [0.5, 0.6) is 0 Å². The van der Waals surface area contributed by atoms with Gasteiger partial charge in [0.15, 0.2) is 5.79 Å². The first-order chi connectivity index (χ1) is 7.94. The molecule has 100 valence electrons. The van der Waals surface area contributed by atoms with Crippen molar-refractivity contribution >= 4 is 5.91 Å². The summed E-state index contributed by atoms with van der Waals surface area (Å²) in [6.07, 6.45) is 0.947. The van der Waals surface area contributed by atoms with Crippen LogP contribution in [0, 0.1) is 0 Å². The van der Waals surface area contributed by atoms with Gasteiger partial charge in [-0.1, -0.05) is 6.92 Å². The number of nitrogens with one attached hydrogen (secondary N) is 2. The average Bonchev–Trinajstić information content (AvgIpc) is 2.28. The number of hydrogen-bond donors (Lipinski definition) is 2. The summed E-state index contributed by atoms with van der Waals surface area (Å²) in [5.41, 5.74) is 0. The Labute approximate surface area is 103 Å². The van der Waals surface area contributed by atoms with Crippen molar-refractivity contribution in [2.75, 3.05) is 19.8 Å². The second-order valence-corrected chi connectivity index (χ2v) is 4.90. The standard InChI is InChI=1S/C12H24N2O3/c1-5-6-13-11(15)9(2)14-10-7-16-12(3,4)17-8-10/h9-10,14H,5-8H2,1-4H3,(H,13,15). The quantitative estimate of drug-likeness (QED) is 0.745. The molecule has 5 heteroatoms. The highest BCUT2D eigenvalue weighted by Gasteiger charge is 2.29. The number of carbonyl (C=O) groups is 1. The van der Waals surface area contributed by atoms with Gasteiger partial charge in [0, 0.05) is 6.54 Å². The fraction of sp³-hybridized carbons (Fsp3) is 0.917. The summed E-state index contributed by atoms with van der Waals surface area (Å²) in [4.78, 5) is 11.6. The molecular weight excluding hydrogens is 220 g/mol. The lowest BCUT2D eigenvalue weighted by Gasteiger charge is -2.36. The first-order valence-electron chi connectivity index (χ1n) is 6.26. The summed E-state index contributed by atoms with van der Waals surface area (Å²) < 4.78 is 11.0. The molecule has 5 nitrogen and oxygen atoms in total. The number of amides is 1. The lowest BCUT2D eigenvalue weighted by atomic mass is 10.2. The van der Waals surface area contributed by atoms with Crippen LogP contribution in [-0.4, -0.2) is 43.5 Å². The van der Waals surface area contributed by atoms with Gasteiger partial charge in [-0.05, 0) is 27.2 Å². The van der Waals surface area contributed by atoms with E-state index < -0.39 is 5.79 Å². The van der Waals surface area contributed by atoms with Crippen molar-refractivity contribution in [3.05, 3.63) is 0 Å². The van der Waals surface area contributed by atoms with E-state index in [1.165, 1.54) is 0 Å². The zero-order valence-corrected chi connectivity index (χ0v) is 11.2. The molecule has 1 saturated heterocycles. The van der Waals surface area contributed by atoms with E-state index in [1.54, 1.807) is 0 Å². The summed E-state index contributed by atoms with van der Waals surface area (Å²) >= 11 is 0. The van der Waals surface area contributed by atoms with Crippen molar-refractivity contribution in [2.24, 2.45) is 0 Å². The van der Waals surface area contributed by atoms with Gasteiger partial charge in [0.25, 0.3) is 0 Å². The van der Waals surface area contributed by atoms with E-state index in [4.69, 9.17) is 9.47 Å². The Morgan fingerprint density at radius 1 is 1.41 bits per heavy atom. The Morgan fingerprint density at radius 3 is 2.53 bits per heavy atom. The predicted octanol–water partition coefficient (Wildman–Crippen LogP) is 0.642. The molecule has 0 aromatic rings. The highest BCUT2D eigenvalue weighted by atomic mass is 16.7. The maximum Gasteiger partial charge on any atom is 0.236 e. The molecule has 1 aliphatic rings. The zero-order chi connectivity index (χ0) is 12.9. The van der Waals surface area contributed by atoms with Crippen LogP contribution in [0.15, 0.2) is 0 Å².